The lowest BCUT2D eigenvalue weighted by Crippen LogP contribution is -2.36. The average Bonchev–Trinajstić information content (AvgIpc) is 3.85. The van der Waals surface area contributed by atoms with Crippen LogP contribution >= 0.6 is 11.6 Å². The SMILES string of the molecule is Cc1c(COc2cc(OCc3cncc(C#N)c3)c(CN(C)C3CCc4[nH]ncc4C3)cc2Cl)cccc1-c1cccc(OCCCN2CCC(O)C2)c1C. The summed E-state index contributed by atoms with van der Waals surface area (Å²) in [5, 5.41) is 27.1. The van der Waals surface area contributed by atoms with Crippen molar-refractivity contribution in [2.45, 2.75) is 77.9 Å². The van der Waals surface area contributed by atoms with Crippen LogP contribution in [0, 0.1) is 25.2 Å². The van der Waals surface area contributed by atoms with Gasteiger partial charge >= 0.3 is 0 Å². The molecule has 0 radical (unpaired) electrons. The van der Waals surface area contributed by atoms with E-state index in [1.165, 1.54) is 11.3 Å². The van der Waals surface area contributed by atoms with Crippen molar-refractivity contribution >= 4 is 11.6 Å². The van der Waals surface area contributed by atoms with Crippen LogP contribution < -0.4 is 14.2 Å². The zero-order valence-corrected chi connectivity index (χ0v) is 32.6. The lowest BCUT2D eigenvalue weighted by atomic mass is 9.92. The molecule has 55 heavy (non-hydrogen) atoms. The van der Waals surface area contributed by atoms with Crippen LogP contribution in [0.5, 0.6) is 17.2 Å². The van der Waals surface area contributed by atoms with Crippen molar-refractivity contribution in [1.29, 1.82) is 5.26 Å². The number of likely N-dealkylation sites (tertiary alicyclic amines) is 1. The number of benzene rings is 3. The molecule has 3 heterocycles. The summed E-state index contributed by atoms with van der Waals surface area (Å²) in [6.07, 6.45) is 9.69. The first kappa shape index (κ1) is 38.4. The number of likely N-dealkylation sites (N-methyl/N-ethyl adjacent to an activating group) is 1. The van der Waals surface area contributed by atoms with Crippen LogP contribution in [-0.4, -0.2) is 75.5 Å². The van der Waals surface area contributed by atoms with Crippen LogP contribution in [0.2, 0.25) is 5.02 Å². The highest BCUT2D eigenvalue weighted by atomic mass is 35.5. The zero-order chi connectivity index (χ0) is 38.3. The van der Waals surface area contributed by atoms with Crippen LogP contribution in [-0.2, 0) is 32.6 Å². The molecule has 2 atom stereocenters. The molecule has 10 nitrogen and oxygen atoms in total. The minimum absolute atomic E-state index is 0.201. The first-order valence-electron chi connectivity index (χ1n) is 19.1. The van der Waals surface area contributed by atoms with E-state index in [1.807, 2.05) is 30.5 Å². The number of ether oxygens (including phenoxy) is 3. The highest BCUT2D eigenvalue weighted by molar-refractivity contribution is 6.32. The molecule has 11 heteroatoms. The molecule has 1 saturated heterocycles. The minimum atomic E-state index is -0.201. The number of rotatable bonds is 15. The van der Waals surface area contributed by atoms with Gasteiger partial charge in [0.2, 0.25) is 0 Å². The minimum Gasteiger partial charge on any atom is -0.493 e. The lowest BCUT2D eigenvalue weighted by molar-refractivity contribution is 0.173. The predicted octanol–water partition coefficient (Wildman–Crippen LogP) is 7.60. The van der Waals surface area contributed by atoms with Crippen molar-refractivity contribution in [3.05, 3.63) is 123 Å². The first-order chi connectivity index (χ1) is 26.7. The van der Waals surface area contributed by atoms with Gasteiger partial charge in [0.05, 0.1) is 29.5 Å². The second-order valence-corrected chi connectivity index (χ2v) is 15.2. The van der Waals surface area contributed by atoms with Crippen LogP contribution in [0.1, 0.15) is 63.9 Å². The van der Waals surface area contributed by atoms with Gasteiger partial charge in [-0.3, -0.25) is 15.0 Å². The van der Waals surface area contributed by atoms with Gasteiger partial charge in [-0.25, -0.2) is 0 Å². The number of aryl methyl sites for hydroxylation is 1. The number of β-amino-alcohol motifs (C(OH)–C–C–N with tert-alkyl or cyclic N) is 1. The number of halogens is 1. The van der Waals surface area contributed by atoms with Gasteiger partial charge in [-0.1, -0.05) is 41.9 Å². The summed E-state index contributed by atoms with van der Waals surface area (Å²) in [4.78, 5) is 8.86. The fraction of sp³-hybridized carbons (Fsp3) is 0.386. The third-order valence-electron chi connectivity index (χ3n) is 11.0. The van der Waals surface area contributed by atoms with Gasteiger partial charge in [0.15, 0.2) is 0 Å². The van der Waals surface area contributed by atoms with Crippen molar-refractivity contribution < 1.29 is 19.3 Å². The van der Waals surface area contributed by atoms with E-state index in [9.17, 15) is 10.4 Å². The number of aromatic amines is 1. The smallest absolute Gasteiger partial charge is 0.142 e. The predicted molar refractivity (Wildman–Crippen MR) is 213 cm³/mol. The van der Waals surface area contributed by atoms with E-state index in [0.29, 0.717) is 47.9 Å². The van der Waals surface area contributed by atoms with Crippen molar-refractivity contribution in [3.63, 3.8) is 0 Å². The number of hydrogen-bond donors (Lipinski definition) is 2. The quantitative estimate of drug-likeness (QED) is 0.104. The van der Waals surface area contributed by atoms with Gasteiger partial charge in [0, 0.05) is 67.5 Å². The third-order valence-corrected chi connectivity index (χ3v) is 11.3. The number of hydrogen-bond acceptors (Lipinski definition) is 9. The maximum atomic E-state index is 9.82. The number of nitrogens with one attached hydrogen (secondary N) is 1. The van der Waals surface area contributed by atoms with Crippen LogP contribution in [0.25, 0.3) is 11.1 Å². The van der Waals surface area contributed by atoms with Crippen LogP contribution in [0.4, 0.5) is 0 Å². The average molecular weight is 761 g/mol. The van der Waals surface area contributed by atoms with Gasteiger partial charge in [0.25, 0.3) is 0 Å². The van der Waals surface area contributed by atoms with Gasteiger partial charge in [-0.15, -0.1) is 0 Å². The Labute approximate surface area is 328 Å². The Balaban J connectivity index is 1.06. The van der Waals surface area contributed by atoms with E-state index >= 15 is 0 Å². The van der Waals surface area contributed by atoms with Gasteiger partial charge in [-0.05, 0) is 105 Å². The molecular weight excluding hydrogens is 712 g/mol. The van der Waals surface area contributed by atoms with Gasteiger partial charge in [-0.2, -0.15) is 10.4 Å². The Hall–Kier alpha value is -4.92. The summed E-state index contributed by atoms with van der Waals surface area (Å²) in [6.45, 7) is 8.69. The summed E-state index contributed by atoms with van der Waals surface area (Å²) in [7, 11) is 2.14. The van der Waals surface area contributed by atoms with E-state index in [1.54, 1.807) is 18.5 Å². The highest BCUT2D eigenvalue weighted by Crippen LogP contribution is 2.37. The maximum Gasteiger partial charge on any atom is 0.142 e. The largest absolute Gasteiger partial charge is 0.493 e. The Morgan fingerprint density at radius 1 is 0.945 bits per heavy atom. The monoisotopic (exact) mass is 760 g/mol. The van der Waals surface area contributed by atoms with Crippen LogP contribution in [0.3, 0.4) is 0 Å². The van der Waals surface area contributed by atoms with E-state index < -0.39 is 0 Å². The van der Waals surface area contributed by atoms with Crippen molar-refractivity contribution in [2.24, 2.45) is 0 Å². The van der Waals surface area contributed by atoms with Gasteiger partial charge in [0.1, 0.15) is 36.5 Å². The molecule has 2 aromatic heterocycles. The number of aliphatic hydroxyl groups excluding tert-OH is 1. The Bertz CT molecular complexity index is 2150. The number of pyridine rings is 1. The summed E-state index contributed by atoms with van der Waals surface area (Å²) in [5.41, 5.74) is 10.3. The molecule has 0 amide bonds. The molecule has 1 fully saturated rings. The first-order valence-corrected chi connectivity index (χ1v) is 19.5. The van der Waals surface area contributed by atoms with E-state index in [4.69, 9.17) is 25.8 Å². The fourth-order valence-corrected chi connectivity index (χ4v) is 7.98. The number of aliphatic hydroxyl groups is 1. The topological polar surface area (TPSA) is 120 Å². The molecule has 2 N–H and O–H groups in total. The number of fused-ring (bicyclic) bond motifs is 1. The second kappa shape index (κ2) is 17.7. The van der Waals surface area contributed by atoms with Gasteiger partial charge < -0.3 is 24.2 Å². The summed E-state index contributed by atoms with van der Waals surface area (Å²) < 4.78 is 19.2. The van der Waals surface area contributed by atoms with E-state index in [-0.39, 0.29) is 12.7 Å². The molecule has 2 unspecified atom stereocenters. The molecule has 5 aromatic rings. The Morgan fingerprint density at radius 3 is 2.58 bits per heavy atom. The number of aromatic nitrogens is 3. The second-order valence-electron chi connectivity index (χ2n) is 14.8. The maximum absolute atomic E-state index is 9.82. The number of H-pyrrole nitrogens is 1. The Kier molecular flexibility index (Phi) is 12.3. The van der Waals surface area contributed by atoms with E-state index in [2.05, 4.69) is 76.2 Å². The molecule has 286 valence electrons. The fourth-order valence-electron chi connectivity index (χ4n) is 7.74. The third kappa shape index (κ3) is 9.31. The number of nitriles is 1. The molecule has 3 aromatic carbocycles. The summed E-state index contributed by atoms with van der Waals surface area (Å²) in [5.74, 6) is 2.09. The summed E-state index contributed by atoms with van der Waals surface area (Å²) in [6, 6.07) is 20.6. The molecule has 0 bridgehead atoms. The Morgan fingerprint density at radius 2 is 1.76 bits per heavy atom. The molecular formula is C44H49ClN6O4. The molecule has 1 aliphatic heterocycles. The molecule has 0 spiro atoms. The normalized spacial score (nSPS) is 16.9. The summed E-state index contributed by atoms with van der Waals surface area (Å²) >= 11 is 6.96. The van der Waals surface area contributed by atoms with Crippen LogP contribution in [0.15, 0.2) is 73.2 Å². The zero-order valence-electron chi connectivity index (χ0n) is 31.9. The van der Waals surface area contributed by atoms with Crippen molar-refractivity contribution in [3.8, 4) is 34.4 Å². The molecule has 7 rings (SSSR count). The highest BCUT2D eigenvalue weighted by Gasteiger charge is 2.25. The lowest BCUT2D eigenvalue weighted by Gasteiger charge is -2.31. The molecule has 1 aliphatic carbocycles. The van der Waals surface area contributed by atoms with Crippen molar-refractivity contribution in [2.75, 3.05) is 33.3 Å². The standard InChI is InChI=1S/C44H49ClN6O4/c1-29-33(7-4-8-38(29)39-9-5-10-42(30(39)2)53-16-6-14-51-15-13-37(52)26-51)28-55-44-20-43(54-27-32-17-31(21-46)22-47-23-32)35(19-40(44)45)25-50(3)36-11-12-41-34(18-36)24-48-49-41/h4-5,7-10,17,19-20,22-24,36-37,52H,6,11-16,18,25-28H2,1-3H3,(H,48,49). The molecule has 2 aliphatic rings. The number of nitrogens with zero attached hydrogens (tertiary/aromatic N) is 5. The van der Waals surface area contributed by atoms with Crippen molar-refractivity contribution in [1.82, 2.24) is 25.0 Å². The van der Waals surface area contributed by atoms with E-state index in [0.717, 1.165) is 96.4 Å². The molecule has 0 saturated carbocycles.